The summed E-state index contributed by atoms with van der Waals surface area (Å²) in [6, 6.07) is 5.61. The minimum Gasteiger partial charge on any atom is -0.868 e. The van der Waals surface area contributed by atoms with Gasteiger partial charge in [0.25, 0.3) is 0 Å². The van der Waals surface area contributed by atoms with Crippen LogP contribution in [0.15, 0.2) is 35.6 Å². The monoisotopic (exact) mass is 443 g/mol. The van der Waals surface area contributed by atoms with Crippen LogP contribution in [-0.4, -0.2) is 61.8 Å². The average Bonchev–Trinajstić information content (AvgIpc) is 3.21. The minimum atomic E-state index is -0.819. The van der Waals surface area contributed by atoms with E-state index in [9.17, 15) is 19.5 Å². The fraction of sp³-hybridized carbons (Fsp3) is 0.364. The Morgan fingerprint density at radius 3 is 2.39 bits per heavy atom. The summed E-state index contributed by atoms with van der Waals surface area (Å²) in [4.78, 5) is 45.2. The van der Waals surface area contributed by atoms with Gasteiger partial charge in [0, 0.05) is 5.57 Å². The number of hydrogen-bond acceptors (Lipinski definition) is 7. The van der Waals surface area contributed by atoms with Crippen LogP contribution in [0.25, 0.3) is 0 Å². The Balaban J connectivity index is 2.07. The number of ether oxygens (including phenoxy) is 1. The van der Waals surface area contributed by atoms with Crippen LogP contribution < -0.4 is 10.0 Å². The molecule has 1 aromatic heterocycles. The first-order valence-electron chi connectivity index (χ1n) is 9.83. The molecule has 164 valence electrons. The molecule has 3 rings (SSSR count). The molecule has 1 amide bonds. The molecule has 0 aliphatic carbocycles. The van der Waals surface area contributed by atoms with Crippen molar-refractivity contribution in [3.63, 3.8) is 0 Å². The number of benzene rings is 1. The summed E-state index contributed by atoms with van der Waals surface area (Å²) in [7, 11) is 5.18. The summed E-state index contributed by atoms with van der Waals surface area (Å²) in [6.07, 6.45) is 0. The zero-order valence-electron chi connectivity index (χ0n) is 18.1. The van der Waals surface area contributed by atoms with Gasteiger partial charge in [0.1, 0.15) is 0 Å². The number of amides is 1. The molecule has 1 atom stereocenters. The first-order chi connectivity index (χ1) is 14.6. The predicted octanol–water partition coefficient (Wildman–Crippen LogP) is 0.0716. The van der Waals surface area contributed by atoms with Crippen LogP contribution in [0.4, 0.5) is 0 Å². The molecule has 1 unspecified atom stereocenters. The van der Waals surface area contributed by atoms with Crippen LogP contribution in [0.2, 0.25) is 0 Å². The number of likely N-dealkylation sites (N-methyl/N-ethyl adjacent to an activating group) is 1. The third-order valence-corrected chi connectivity index (χ3v) is 6.21. The van der Waals surface area contributed by atoms with E-state index in [0.29, 0.717) is 39.8 Å². The lowest BCUT2D eigenvalue weighted by molar-refractivity contribution is -0.857. The zero-order valence-corrected chi connectivity index (χ0v) is 19.0. The number of hydrogen-bond donors (Lipinski definition) is 1. The molecule has 1 aromatic carbocycles. The number of nitrogens with one attached hydrogen (secondary N) is 1. The molecule has 0 fully saturated rings. The van der Waals surface area contributed by atoms with Crippen LogP contribution in [0.3, 0.4) is 0 Å². The number of nitrogens with zero attached hydrogens (tertiary/aromatic N) is 2. The van der Waals surface area contributed by atoms with Crippen molar-refractivity contribution < 1.29 is 29.1 Å². The third kappa shape index (κ3) is 4.38. The molecule has 0 spiro atoms. The molecule has 0 radical (unpaired) electrons. The number of esters is 1. The Bertz CT molecular complexity index is 1060. The Labute approximate surface area is 184 Å². The van der Waals surface area contributed by atoms with E-state index >= 15 is 0 Å². The van der Waals surface area contributed by atoms with Crippen molar-refractivity contribution >= 4 is 29.0 Å². The van der Waals surface area contributed by atoms with Gasteiger partial charge >= 0.3 is 5.97 Å². The molecule has 1 aliphatic heterocycles. The van der Waals surface area contributed by atoms with Gasteiger partial charge in [0.05, 0.1) is 61.5 Å². The Hall–Kier alpha value is -3.04. The average molecular weight is 444 g/mol. The number of Topliss-reactive ketones (excluding diaryl/α,β-unsaturated/α-hetero) is 1. The minimum absolute atomic E-state index is 0.0728. The maximum Gasteiger partial charge on any atom is 0.337 e. The normalized spacial score (nSPS) is 16.4. The van der Waals surface area contributed by atoms with Crippen LogP contribution in [0.1, 0.15) is 42.3 Å². The van der Waals surface area contributed by atoms with Gasteiger partial charge in [-0.05, 0) is 37.3 Å². The smallest absolute Gasteiger partial charge is 0.337 e. The third-order valence-electron chi connectivity index (χ3n) is 5.14. The van der Waals surface area contributed by atoms with Crippen LogP contribution in [-0.2, 0) is 9.53 Å². The quantitative estimate of drug-likeness (QED) is 0.480. The summed E-state index contributed by atoms with van der Waals surface area (Å²) in [5, 5.41) is 13.7. The fourth-order valence-corrected chi connectivity index (χ4v) is 4.45. The molecular weight excluding hydrogens is 418 g/mol. The fourth-order valence-electron chi connectivity index (χ4n) is 3.58. The van der Waals surface area contributed by atoms with Gasteiger partial charge in [-0.15, -0.1) is 11.3 Å². The van der Waals surface area contributed by atoms with Crippen molar-refractivity contribution in [2.24, 2.45) is 0 Å². The Morgan fingerprint density at radius 1 is 1.23 bits per heavy atom. The van der Waals surface area contributed by atoms with Crippen molar-refractivity contribution in [2.75, 3.05) is 34.3 Å². The van der Waals surface area contributed by atoms with E-state index in [-0.39, 0.29) is 5.57 Å². The van der Waals surface area contributed by atoms with Crippen LogP contribution in [0, 0.1) is 13.8 Å². The van der Waals surface area contributed by atoms with Crippen molar-refractivity contribution in [3.05, 3.63) is 62.3 Å². The van der Waals surface area contributed by atoms with Gasteiger partial charge in [-0.2, -0.15) is 0 Å². The van der Waals surface area contributed by atoms with Gasteiger partial charge in [-0.3, -0.25) is 9.59 Å². The summed E-state index contributed by atoms with van der Waals surface area (Å²) >= 11 is 1.21. The first kappa shape index (κ1) is 22.6. The molecule has 1 aliphatic rings. The maximum absolute atomic E-state index is 13.4. The largest absolute Gasteiger partial charge is 0.868 e. The topological polar surface area (TPSA) is 104 Å². The molecule has 2 heterocycles. The number of carbonyl (C=O) groups excluding carboxylic acids is 3. The lowest BCUT2D eigenvalue weighted by Crippen LogP contribution is -3.06. The summed E-state index contributed by atoms with van der Waals surface area (Å²) in [6.45, 7) is 4.42. The Morgan fingerprint density at radius 2 is 1.87 bits per heavy atom. The zero-order chi connectivity index (χ0) is 22.9. The molecule has 8 nitrogen and oxygen atoms in total. The van der Waals surface area contributed by atoms with Crippen LogP contribution >= 0.6 is 11.3 Å². The number of quaternary nitrogens is 1. The van der Waals surface area contributed by atoms with Gasteiger partial charge in [0.15, 0.2) is 0 Å². The van der Waals surface area contributed by atoms with E-state index in [1.54, 1.807) is 38.1 Å². The molecule has 2 aromatic rings. The van der Waals surface area contributed by atoms with Gasteiger partial charge in [-0.1, -0.05) is 12.1 Å². The molecular formula is C22H25N3O5S. The van der Waals surface area contributed by atoms with Crippen molar-refractivity contribution in [2.45, 2.75) is 19.9 Å². The van der Waals surface area contributed by atoms with Crippen LogP contribution in [0.5, 0.6) is 0 Å². The lowest BCUT2D eigenvalue weighted by Gasteiger charge is -2.28. The lowest BCUT2D eigenvalue weighted by atomic mass is 9.94. The Kier molecular flexibility index (Phi) is 6.56. The second-order valence-electron chi connectivity index (χ2n) is 7.69. The number of ketones is 1. The highest BCUT2D eigenvalue weighted by molar-refractivity contribution is 7.14. The highest BCUT2D eigenvalue weighted by atomic mass is 32.1. The number of aryl methyl sites for hydroxylation is 2. The van der Waals surface area contributed by atoms with E-state index in [0.717, 1.165) is 4.90 Å². The van der Waals surface area contributed by atoms with E-state index in [4.69, 9.17) is 4.74 Å². The molecule has 0 saturated heterocycles. The molecule has 9 heteroatoms. The maximum atomic E-state index is 13.4. The van der Waals surface area contributed by atoms with Gasteiger partial charge in [-0.25, -0.2) is 9.78 Å². The number of carbonyl (C=O) groups is 3. The second-order valence-corrected chi connectivity index (χ2v) is 8.89. The molecule has 0 saturated carbocycles. The number of thiazole rings is 1. The molecule has 1 N–H and O–H groups in total. The summed E-state index contributed by atoms with van der Waals surface area (Å²) < 4.78 is 4.73. The summed E-state index contributed by atoms with van der Waals surface area (Å²) in [5.41, 5.74) is 1.39. The van der Waals surface area contributed by atoms with E-state index in [1.807, 2.05) is 14.1 Å². The van der Waals surface area contributed by atoms with Crippen molar-refractivity contribution in [3.8, 4) is 0 Å². The van der Waals surface area contributed by atoms with Gasteiger partial charge < -0.3 is 19.6 Å². The van der Waals surface area contributed by atoms with E-state index in [2.05, 4.69) is 4.98 Å². The van der Waals surface area contributed by atoms with Crippen molar-refractivity contribution in [1.82, 2.24) is 9.88 Å². The highest BCUT2D eigenvalue weighted by Gasteiger charge is 2.40. The standard InChI is InChI=1S/C22H25N3O5S/c1-12-20(31-13(2)23-12)18(26)16-17(14-6-8-15(9-7-14)22(29)30-5)25(11-10-24(3)4)21(28)19(16)27/h6-9,17,27H,10-11H2,1-5H3. The first-order valence-corrected chi connectivity index (χ1v) is 10.7. The van der Waals surface area contributed by atoms with E-state index < -0.39 is 29.5 Å². The van der Waals surface area contributed by atoms with Gasteiger partial charge in [0.2, 0.25) is 11.7 Å². The SMILES string of the molecule is COC(=O)c1ccc(C2C(C(=O)c3sc(C)nc3C)=C([O-])C(=O)N2CC[NH+](C)C)cc1. The highest BCUT2D eigenvalue weighted by Crippen LogP contribution is 2.39. The number of methoxy groups -OCH3 is 1. The number of rotatable bonds is 7. The number of aromatic nitrogens is 1. The summed E-state index contributed by atoms with van der Waals surface area (Å²) in [5.74, 6) is -2.44. The van der Waals surface area contributed by atoms with Crippen molar-refractivity contribution in [1.29, 1.82) is 0 Å². The molecule has 31 heavy (non-hydrogen) atoms. The predicted molar refractivity (Wildman–Crippen MR) is 113 cm³/mol. The second kappa shape index (κ2) is 8.99. The van der Waals surface area contributed by atoms with E-state index in [1.165, 1.54) is 23.3 Å². The molecule has 0 bridgehead atoms.